The zero-order chi connectivity index (χ0) is 24.9. The van der Waals surface area contributed by atoms with E-state index < -0.39 is 46.6 Å². The number of carbonyl (C=O) groups excluding carboxylic acids is 2. The van der Waals surface area contributed by atoms with E-state index in [1.54, 1.807) is 12.1 Å². The van der Waals surface area contributed by atoms with E-state index in [0.717, 1.165) is 35.2 Å². The van der Waals surface area contributed by atoms with Gasteiger partial charge in [0.25, 0.3) is 11.7 Å². The average molecular weight is 480 g/mol. The van der Waals surface area contributed by atoms with Gasteiger partial charge < -0.3 is 14.7 Å². The molecular weight excluding hydrogens is 461 g/mol. The van der Waals surface area contributed by atoms with Gasteiger partial charge in [-0.2, -0.15) is 0 Å². The molecule has 0 aromatic heterocycles. The fourth-order valence-corrected chi connectivity index (χ4v) is 4.37. The largest absolute Gasteiger partial charge is 0.507 e. The lowest BCUT2D eigenvalue weighted by atomic mass is 9.94. The quantitative estimate of drug-likeness (QED) is 0.338. The molecule has 1 unspecified atom stereocenters. The van der Waals surface area contributed by atoms with Gasteiger partial charge in [-0.15, -0.1) is 0 Å². The van der Waals surface area contributed by atoms with Crippen molar-refractivity contribution in [3.05, 3.63) is 94.8 Å². The van der Waals surface area contributed by atoms with Crippen molar-refractivity contribution in [1.29, 1.82) is 0 Å². The van der Waals surface area contributed by atoms with Crippen molar-refractivity contribution in [2.75, 3.05) is 30.0 Å². The van der Waals surface area contributed by atoms with Crippen LogP contribution in [0.2, 0.25) is 0 Å². The van der Waals surface area contributed by atoms with Crippen molar-refractivity contribution >= 4 is 28.8 Å². The molecule has 0 saturated carbocycles. The minimum Gasteiger partial charge on any atom is -0.507 e. The second-order valence-electron chi connectivity index (χ2n) is 8.27. The van der Waals surface area contributed by atoms with Crippen LogP contribution < -0.4 is 14.5 Å². The molecule has 1 saturated heterocycles. The van der Waals surface area contributed by atoms with Crippen LogP contribution in [0, 0.1) is 17.5 Å². The number of ether oxygens (including phenoxy) is 1. The Morgan fingerprint density at radius 1 is 0.943 bits per heavy atom. The number of halogens is 3. The molecule has 1 N–H and O–H groups in total. The Labute approximate surface area is 198 Å². The number of rotatable bonds is 3. The van der Waals surface area contributed by atoms with Crippen LogP contribution in [0.4, 0.5) is 24.5 Å². The van der Waals surface area contributed by atoms with Crippen molar-refractivity contribution in [1.82, 2.24) is 0 Å². The molecule has 1 atom stereocenters. The summed E-state index contributed by atoms with van der Waals surface area (Å²) in [7, 11) is 1.84. The summed E-state index contributed by atoms with van der Waals surface area (Å²) in [6, 6.07) is 10.8. The molecule has 0 spiro atoms. The fraction of sp³-hybridized carbons (Fsp3) is 0.154. The number of hydrogen-bond donors (Lipinski definition) is 1. The van der Waals surface area contributed by atoms with Gasteiger partial charge in [-0.05, 0) is 48.0 Å². The molecule has 1 amide bonds. The van der Waals surface area contributed by atoms with Crippen LogP contribution in [0.1, 0.15) is 17.2 Å². The molecule has 2 heterocycles. The third kappa shape index (κ3) is 3.78. The molecule has 0 radical (unpaired) electrons. The number of carbonyl (C=O) groups is 2. The molecule has 178 valence electrons. The van der Waals surface area contributed by atoms with Crippen molar-refractivity contribution in [2.24, 2.45) is 0 Å². The van der Waals surface area contributed by atoms with Crippen LogP contribution in [0.25, 0.3) is 5.76 Å². The number of anilines is 2. The fourth-order valence-electron chi connectivity index (χ4n) is 4.37. The Morgan fingerprint density at radius 3 is 2.40 bits per heavy atom. The topological polar surface area (TPSA) is 70.1 Å². The first-order valence-corrected chi connectivity index (χ1v) is 10.8. The van der Waals surface area contributed by atoms with Crippen LogP contribution in [-0.4, -0.2) is 37.0 Å². The van der Waals surface area contributed by atoms with Gasteiger partial charge in [0, 0.05) is 18.7 Å². The average Bonchev–Trinajstić information content (AvgIpc) is 3.11. The van der Waals surface area contributed by atoms with Crippen LogP contribution in [0.15, 0.2) is 66.2 Å². The van der Waals surface area contributed by atoms with E-state index in [0.29, 0.717) is 24.6 Å². The summed E-state index contributed by atoms with van der Waals surface area (Å²) in [6.45, 7) is 1.10. The van der Waals surface area contributed by atoms with Crippen molar-refractivity contribution in [3.8, 4) is 5.75 Å². The number of likely N-dealkylation sites (N-methyl/N-ethyl adjacent to an activating group) is 1. The van der Waals surface area contributed by atoms with Crippen molar-refractivity contribution in [2.45, 2.75) is 6.04 Å². The summed E-state index contributed by atoms with van der Waals surface area (Å²) in [4.78, 5) is 29.0. The Kier molecular flexibility index (Phi) is 5.47. The molecule has 0 aliphatic carbocycles. The van der Waals surface area contributed by atoms with Crippen LogP contribution in [0.3, 0.4) is 0 Å². The smallest absolute Gasteiger partial charge is 0.300 e. The summed E-state index contributed by atoms with van der Waals surface area (Å²) in [6.07, 6.45) is 0. The number of hydrogen-bond acceptors (Lipinski definition) is 5. The molecule has 2 aliphatic rings. The SMILES string of the molecule is CN1CCOc2ccc(/C(O)=C3/C(=O)C(=O)N(c4cc(F)ccc4F)C3c3ccc(F)cc3)cc21. The number of nitrogens with zero attached hydrogens (tertiary/aromatic N) is 2. The molecule has 0 bridgehead atoms. The van der Waals surface area contributed by atoms with Gasteiger partial charge in [0.2, 0.25) is 0 Å². The maximum atomic E-state index is 14.7. The number of benzene rings is 3. The third-order valence-electron chi connectivity index (χ3n) is 6.13. The van der Waals surface area contributed by atoms with E-state index in [2.05, 4.69) is 0 Å². The lowest BCUT2D eigenvalue weighted by molar-refractivity contribution is -0.132. The minimum absolute atomic E-state index is 0.228. The highest BCUT2D eigenvalue weighted by molar-refractivity contribution is 6.51. The van der Waals surface area contributed by atoms with E-state index in [4.69, 9.17) is 4.74 Å². The lowest BCUT2D eigenvalue weighted by Gasteiger charge is -2.28. The van der Waals surface area contributed by atoms with E-state index in [-0.39, 0.29) is 16.7 Å². The number of ketones is 1. The summed E-state index contributed by atoms with van der Waals surface area (Å²) in [5, 5.41) is 11.2. The Bertz CT molecular complexity index is 1390. The molecule has 35 heavy (non-hydrogen) atoms. The standard InChI is InChI=1S/C26H19F3N2O4/c1-30-10-11-35-21-9-4-15(12-20(21)30)24(32)22-23(14-2-5-16(27)6-3-14)31(26(34)25(22)33)19-13-17(28)7-8-18(19)29/h2-9,12-13,23,32H,10-11H2,1H3/b24-22-. The Balaban J connectivity index is 1.72. The molecule has 3 aromatic rings. The van der Waals surface area contributed by atoms with Gasteiger partial charge in [0.05, 0.1) is 29.5 Å². The van der Waals surface area contributed by atoms with Gasteiger partial charge in [-0.25, -0.2) is 13.2 Å². The first-order valence-electron chi connectivity index (χ1n) is 10.8. The molecule has 1 fully saturated rings. The zero-order valence-electron chi connectivity index (χ0n) is 18.5. The summed E-state index contributed by atoms with van der Waals surface area (Å²) < 4.78 is 48.0. The molecular formula is C26H19F3N2O4. The van der Waals surface area contributed by atoms with E-state index in [1.165, 1.54) is 18.2 Å². The van der Waals surface area contributed by atoms with E-state index >= 15 is 0 Å². The van der Waals surface area contributed by atoms with Crippen LogP contribution in [-0.2, 0) is 9.59 Å². The Morgan fingerprint density at radius 2 is 1.66 bits per heavy atom. The van der Waals surface area contributed by atoms with Gasteiger partial charge in [-0.3, -0.25) is 14.5 Å². The number of Topliss-reactive ketones (excluding diaryl/α,β-unsaturated/α-hetero) is 1. The second kappa shape index (κ2) is 8.50. The number of aliphatic hydroxyl groups is 1. The predicted molar refractivity (Wildman–Crippen MR) is 123 cm³/mol. The molecule has 9 heteroatoms. The molecule has 6 nitrogen and oxygen atoms in total. The number of fused-ring (bicyclic) bond motifs is 1. The minimum atomic E-state index is -1.32. The van der Waals surface area contributed by atoms with E-state index in [1.807, 2.05) is 11.9 Å². The molecule has 3 aromatic carbocycles. The second-order valence-corrected chi connectivity index (χ2v) is 8.27. The zero-order valence-corrected chi connectivity index (χ0v) is 18.5. The molecule has 5 rings (SSSR count). The van der Waals surface area contributed by atoms with Gasteiger partial charge in [0.15, 0.2) is 0 Å². The number of aliphatic hydroxyl groups excluding tert-OH is 1. The van der Waals surface area contributed by atoms with Crippen LogP contribution in [0.5, 0.6) is 5.75 Å². The summed E-state index contributed by atoms with van der Waals surface area (Å²) in [5.74, 6) is -4.47. The lowest BCUT2D eigenvalue weighted by Crippen LogP contribution is -2.30. The first-order chi connectivity index (χ1) is 16.8. The van der Waals surface area contributed by atoms with Gasteiger partial charge in [-0.1, -0.05) is 12.1 Å². The third-order valence-corrected chi connectivity index (χ3v) is 6.13. The van der Waals surface area contributed by atoms with E-state index in [9.17, 15) is 27.9 Å². The monoisotopic (exact) mass is 480 g/mol. The highest BCUT2D eigenvalue weighted by atomic mass is 19.1. The van der Waals surface area contributed by atoms with Crippen molar-refractivity contribution < 1.29 is 32.6 Å². The van der Waals surface area contributed by atoms with Crippen LogP contribution >= 0.6 is 0 Å². The summed E-state index contributed by atoms with van der Waals surface area (Å²) >= 11 is 0. The van der Waals surface area contributed by atoms with Gasteiger partial charge >= 0.3 is 0 Å². The summed E-state index contributed by atoms with van der Waals surface area (Å²) in [5.41, 5.74) is 0.327. The highest BCUT2D eigenvalue weighted by Gasteiger charge is 2.48. The predicted octanol–water partition coefficient (Wildman–Crippen LogP) is 4.56. The number of amides is 1. The van der Waals surface area contributed by atoms with Gasteiger partial charge in [0.1, 0.15) is 35.6 Å². The molecule has 2 aliphatic heterocycles. The normalized spacial score (nSPS) is 19.0. The highest BCUT2D eigenvalue weighted by Crippen LogP contribution is 2.44. The maximum Gasteiger partial charge on any atom is 0.300 e. The van der Waals surface area contributed by atoms with Crippen molar-refractivity contribution in [3.63, 3.8) is 0 Å². The maximum absolute atomic E-state index is 14.7. The Hall–Kier alpha value is -4.27. The first kappa shape index (κ1) is 22.5.